The van der Waals surface area contributed by atoms with E-state index < -0.39 is 0 Å². The molecule has 1 aromatic carbocycles. The highest BCUT2D eigenvalue weighted by atomic mass is 16.5. The zero-order valence-electron chi connectivity index (χ0n) is 12.9. The summed E-state index contributed by atoms with van der Waals surface area (Å²) < 4.78 is 5.35. The van der Waals surface area contributed by atoms with Gasteiger partial charge in [0.05, 0.1) is 0 Å². The fourth-order valence-corrected chi connectivity index (χ4v) is 2.48. The molecule has 0 bridgehead atoms. The second kappa shape index (κ2) is 8.26. The monoisotopic (exact) mass is 305 g/mol. The van der Waals surface area contributed by atoms with Crippen LogP contribution in [-0.2, 0) is 4.79 Å². The van der Waals surface area contributed by atoms with Gasteiger partial charge in [0, 0.05) is 24.8 Å². The van der Waals surface area contributed by atoms with Gasteiger partial charge < -0.3 is 20.7 Å². The molecular formula is C16H23N3O3. The molecule has 0 atom stereocenters. The fraction of sp³-hybridized carbons (Fsp3) is 0.500. The van der Waals surface area contributed by atoms with Gasteiger partial charge in [-0.1, -0.05) is 25.3 Å². The Labute approximate surface area is 130 Å². The summed E-state index contributed by atoms with van der Waals surface area (Å²) in [5.74, 6) is 0.340. The molecule has 1 aliphatic carbocycles. The molecule has 120 valence electrons. The highest BCUT2D eigenvalue weighted by molar-refractivity contribution is 5.89. The summed E-state index contributed by atoms with van der Waals surface area (Å²) in [4.78, 5) is 23.1. The van der Waals surface area contributed by atoms with Crippen LogP contribution < -0.4 is 20.7 Å². The van der Waals surface area contributed by atoms with Crippen LogP contribution in [0.15, 0.2) is 24.3 Å². The number of hydrogen-bond donors (Lipinski definition) is 3. The molecule has 6 heteroatoms. The number of nitrogens with one attached hydrogen (secondary N) is 3. The Morgan fingerprint density at radius 3 is 2.73 bits per heavy atom. The zero-order valence-corrected chi connectivity index (χ0v) is 12.9. The van der Waals surface area contributed by atoms with Gasteiger partial charge in [0.2, 0.25) is 0 Å². The van der Waals surface area contributed by atoms with Crippen LogP contribution in [0.5, 0.6) is 5.75 Å². The van der Waals surface area contributed by atoms with Crippen molar-refractivity contribution in [2.45, 2.75) is 38.1 Å². The molecule has 0 spiro atoms. The van der Waals surface area contributed by atoms with Crippen molar-refractivity contribution in [3.8, 4) is 5.75 Å². The van der Waals surface area contributed by atoms with Crippen LogP contribution in [0, 0.1) is 0 Å². The number of amides is 3. The number of hydrogen-bond acceptors (Lipinski definition) is 3. The maximum Gasteiger partial charge on any atom is 0.319 e. The van der Waals surface area contributed by atoms with Crippen molar-refractivity contribution in [2.75, 3.05) is 19.0 Å². The number of benzene rings is 1. The summed E-state index contributed by atoms with van der Waals surface area (Å²) in [6, 6.07) is 7.07. The minimum atomic E-state index is -0.201. The molecule has 0 aliphatic heterocycles. The van der Waals surface area contributed by atoms with E-state index in [-0.39, 0.29) is 24.6 Å². The van der Waals surface area contributed by atoms with Crippen LogP contribution in [0.1, 0.15) is 32.1 Å². The lowest BCUT2D eigenvalue weighted by atomic mass is 9.96. The largest absolute Gasteiger partial charge is 0.484 e. The van der Waals surface area contributed by atoms with E-state index in [0.717, 1.165) is 12.8 Å². The van der Waals surface area contributed by atoms with Gasteiger partial charge in [0.1, 0.15) is 5.75 Å². The van der Waals surface area contributed by atoms with Crippen molar-refractivity contribution >= 4 is 17.6 Å². The lowest BCUT2D eigenvalue weighted by molar-refractivity contribution is -0.122. The van der Waals surface area contributed by atoms with Gasteiger partial charge in [-0.25, -0.2) is 4.79 Å². The van der Waals surface area contributed by atoms with Gasteiger partial charge in [0.25, 0.3) is 5.91 Å². The number of rotatable bonds is 5. The second-order valence-corrected chi connectivity index (χ2v) is 5.42. The highest BCUT2D eigenvalue weighted by Gasteiger charge is 2.15. The standard InChI is InChI=1S/C16H23N3O3/c1-17-15(20)11-22-14-9-5-8-13(10-14)19-16(21)18-12-6-3-2-4-7-12/h5,8-10,12H,2-4,6-7,11H2,1H3,(H,17,20)(H2,18,19,21). The minimum Gasteiger partial charge on any atom is -0.484 e. The molecule has 2 rings (SSSR count). The molecule has 1 aliphatic rings. The molecule has 0 heterocycles. The summed E-state index contributed by atoms with van der Waals surface area (Å²) in [5.41, 5.74) is 0.641. The lowest BCUT2D eigenvalue weighted by Gasteiger charge is -2.22. The first-order valence-electron chi connectivity index (χ1n) is 7.68. The van der Waals surface area contributed by atoms with Crippen molar-refractivity contribution in [3.63, 3.8) is 0 Å². The Kier molecular flexibility index (Phi) is 6.06. The van der Waals surface area contributed by atoms with Crippen LogP contribution in [0.3, 0.4) is 0 Å². The van der Waals surface area contributed by atoms with Crippen LogP contribution in [0.4, 0.5) is 10.5 Å². The lowest BCUT2D eigenvalue weighted by Crippen LogP contribution is -2.39. The normalized spacial score (nSPS) is 15.0. The Balaban J connectivity index is 1.83. The number of urea groups is 1. The van der Waals surface area contributed by atoms with Crippen LogP contribution in [-0.4, -0.2) is 31.6 Å². The molecule has 3 amide bonds. The van der Waals surface area contributed by atoms with Crippen LogP contribution in [0.2, 0.25) is 0 Å². The van der Waals surface area contributed by atoms with Gasteiger partial charge in [0.15, 0.2) is 6.61 Å². The van der Waals surface area contributed by atoms with Crippen LogP contribution >= 0.6 is 0 Å². The molecule has 0 radical (unpaired) electrons. The predicted octanol–water partition coefficient (Wildman–Crippen LogP) is 2.27. The Bertz CT molecular complexity index is 513. The molecule has 0 unspecified atom stereocenters. The molecule has 0 saturated heterocycles. The average Bonchev–Trinajstić information content (AvgIpc) is 2.53. The van der Waals surface area contributed by atoms with Crippen molar-refractivity contribution in [1.29, 1.82) is 0 Å². The van der Waals surface area contributed by atoms with E-state index >= 15 is 0 Å². The van der Waals surface area contributed by atoms with Crippen molar-refractivity contribution < 1.29 is 14.3 Å². The molecule has 3 N–H and O–H groups in total. The molecule has 1 saturated carbocycles. The Hall–Kier alpha value is -2.24. The van der Waals surface area contributed by atoms with Crippen molar-refractivity contribution in [1.82, 2.24) is 10.6 Å². The highest BCUT2D eigenvalue weighted by Crippen LogP contribution is 2.19. The van der Waals surface area contributed by atoms with Gasteiger partial charge >= 0.3 is 6.03 Å². The first-order valence-corrected chi connectivity index (χ1v) is 7.68. The van der Waals surface area contributed by atoms with Gasteiger partial charge in [-0.05, 0) is 25.0 Å². The van der Waals surface area contributed by atoms with Crippen molar-refractivity contribution in [3.05, 3.63) is 24.3 Å². The summed E-state index contributed by atoms with van der Waals surface area (Å²) >= 11 is 0. The maximum atomic E-state index is 12.0. The third kappa shape index (κ3) is 5.27. The molecule has 1 fully saturated rings. The summed E-state index contributed by atoms with van der Waals surface area (Å²) in [7, 11) is 1.55. The summed E-state index contributed by atoms with van der Waals surface area (Å²) in [6.07, 6.45) is 5.69. The topological polar surface area (TPSA) is 79.5 Å². The number of likely N-dealkylation sites (N-methyl/N-ethyl adjacent to an activating group) is 1. The minimum absolute atomic E-state index is 0.0474. The van der Waals surface area contributed by atoms with E-state index in [1.165, 1.54) is 19.3 Å². The molecule has 6 nitrogen and oxygen atoms in total. The van der Waals surface area contributed by atoms with E-state index in [1.54, 1.807) is 31.3 Å². The Morgan fingerprint density at radius 2 is 2.00 bits per heavy atom. The maximum absolute atomic E-state index is 12.0. The van der Waals surface area contributed by atoms with E-state index in [0.29, 0.717) is 11.4 Å². The quantitative estimate of drug-likeness (QED) is 0.780. The van der Waals surface area contributed by atoms with E-state index in [9.17, 15) is 9.59 Å². The number of anilines is 1. The fourth-order valence-electron chi connectivity index (χ4n) is 2.48. The number of carbonyl (C=O) groups excluding carboxylic acids is 2. The second-order valence-electron chi connectivity index (χ2n) is 5.42. The zero-order chi connectivity index (χ0) is 15.8. The van der Waals surface area contributed by atoms with Gasteiger partial charge in [-0.15, -0.1) is 0 Å². The summed E-state index contributed by atoms with van der Waals surface area (Å²) in [6.45, 7) is -0.0474. The molecular weight excluding hydrogens is 282 g/mol. The van der Waals surface area contributed by atoms with Gasteiger partial charge in [-0.3, -0.25) is 4.79 Å². The van der Waals surface area contributed by atoms with E-state index in [2.05, 4.69) is 16.0 Å². The number of ether oxygens (including phenoxy) is 1. The third-order valence-electron chi connectivity index (χ3n) is 3.68. The Morgan fingerprint density at radius 1 is 1.23 bits per heavy atom. The third-order valence-corrected chi connectivity index (χ3v) is 3.68. The molecule has 1 aromatic rings. The SMILES string of the molecule is CNC(=O)COc1cccc(NC(=O)NC2CCCCC2)c1. The number of carbonyl (C=O) groups is 2. The molecule has 22 heavy (non-hydrogen) atoms. The molecule has 0 aromatic heterocycles. The smallest absolute Gasteiger partial charge is 0.319 e. The van der Waals surface area contributed by atoms with E-state index in [4.69, 9.17) is 4.74 Å². The summed E-state index contributed by atoms with van der Waals surface area (Å²) in [5, 5.41) is 8.28. The average molecular weight is 305 g/mol. The van der Waals surface area contributed by atoms with Gasteiger partial charge in [-0.2, -0.15) is 0 Å². The predicted molar refractivity (Wildman–Crippen MR) is 85.0 cm³/mol. The first-order chi connectivity index (χ1) is 10.7. The van der Waals surface area contributed by atoms with Crippen LogP contribution in [0.25, 0.3) is 0 Å². The first kappa shape index (κ1) is 16.1. The van der Waals surface area contributed by atoms with Crippen molar-refractivity contribution in [2.24, 2.45) is 0 Å². The van der Waals surface area contributed by atoms with E-state index in [1.807, 2.05) is 0 Å².